The average Bonchev–Trinajstić information content (AvgIpc) is 2.26. The van der Waals surface area contributed by atoms with Gasteiger partial charge in [0.2, 0.25) is 6.20 Å². The molecule has 0 aromatic carbocycles. The second kappa shape index (κ2) is 7.34. The zero-order valence-corrected chi connectivity index (χ0v) is 10.9. The lowest BCUT2D eigenvalue weighted by Crippen LogP contribution is -2.44. The molecule has 0 N–H and O–H groups in total. The van der Waals surface area contributed by atoms with Crippen molar-refractivity contribution in [1.82, 2.24) is 0 Å². The van der Waals surface area contributed by atoms with Crippen molar-refractivity contribution < 1.29 is 9.57 Å². The normalized spacial score (nSPS) is 12.9. The zero-order valence-electron chi connectivity index (χ0n) is 9.97. The lowest BCUT2D eigenvalue weighted by molar-refractivity contribution is -0.892. The summed E-state index contributed by atoms with van der Waals surface area (Å²) in [6.07, 6.45) is 8.32. The summed E-state index contributed by atoms with van der Waals surface area (Å²) in [7, 11) is 0. The number of thiol groups is 1. The van der Waals surface area contributed by atoms with Crippen LogP contribution in [0.1, 0.15) is 32.4 Å². The van der Waals surface area contributed by atoms with E-state index in [1.165, 1.54) is 0 Å². The van der Waals surface area contributed by atoms with Crippen molar-refractivity contribution in [2.24, 2.45) is 0 Å². The van der Waals surface area contributed by atoms with Gasteiger partial charge in [-0.2, -0.15) is 12.6 Å². The Hall–Kier alpha value is -0.960. The molecule has 1 rings (SSSR count). The molecule has 3 heteroatoms. The van der Waals surface area contributed by atoms with Crippen LogP contribution in [0.15, 0.2) is 30.5 Å². The van der Waals surface area contributed by atoms with Gasteiger partial charge < -0.3 is 0 Å². The molecule has 16 heavy (non-hydrogen) atoms. The lowest BCUT2D eigenvalue weighted by atomic mass is 10.2. The first-order valence-corrected chi connectivity index (χ1v) is 6.24. The summed E-state index contributed by atoms with van der Waals surface area (Å²) in [6.45, 7) is 4.76. The van der Waals surface area contributed by atoms with Gasteiger partial charge >= 0.3 is 0 Å². The SMILES string of the molecule is CCO[n+]1ccccc1C=CCCC(C)S. The Balaban J connectivity index is 2.58. The van der Waals surface area contributed by atoms with Crippen LogP contribution < -0.4 is 9.57 Å². The molecular formula is C13H20NOS+. The molecular weight excluding hydrogens is 218 g/mol. The highest BCUT2D eigenvalue weighted by molar-refractivity contribution is 7.80. The van der Waals surface area contributed by atoms with Crippen molar-refractivity contribution in [1.29, 1.82) is 0 Å². The standard InChI is InChI=1S/C13H19NOS/c1-3-15-14-11-7-6-10-13(14)9-5-4-8-12(2)16/h5-7,9-12H,3-4,8H2,1-2H3/p+1. The third-order valence-electron chi connectivity index (χ3n) is 2.16. The van der Waals surface area contributed by atoms with Crippen LogP contribution in [0.3, 0.4) is 0 Å². The predicted molar refractivity (Wildman–Crippen MR) is 70.5 cm³/mol. The number of pyridine rings is 1. The molecule has 0 saturated heterocycles. The first-order chi connectivity index (χ1) is 7.74. The average molecular weight is 238 g/mol. The lowest BCUT2D eigenvalue weighted by Gasteiger charge is -1.99. The Kier molecular flexibility index (Phi) is 6.01. The number of hydrogen-bond acceptors (Lipinski definition) is 2. The van der Waals surface area contributed by atoms with E-state index in [2.05, 4.69) is 31.7 Å². The van der Waals surface area contributed by atoms with E-state index < -0.39 is 0 Å². The van der Waals surface area contributed by atoms with Crippen molar-refractivity contribution in [3.63, 3.8) is 0 Å². The molecule has 0 amide bonds. The number of rotatable bonds is 6. The molecule has 0 aliphatic carbocycles. The summed E-state index contributed by atoms with van der Waals surface area (Å²) >= 11 is 4.35. The maximum atomic E-state index is 5.47. The molecule has 2 nitrogen and oxygen atoms in total. The van der Waals surface area contributed by atoms with Crippen LogP contribution in [0.4, 0.5) is 0 Å². The zero-order chi connectivity index (χ0) is 11.8. The first-order valence-electron chi connectivity index (χ1n) is 5.72. The Labute approximate surface area is 103 Å². The fraction of sp³-hybridized carbons (Fsp3) is 0.462. The number of aromatic nitrogens is 1. The van der Waals surface area contributed by atoms with Gasteiger partial charge in [-0.05, 0) is 31.1 Å². The first kappa shape index (κ1) is 13.1. The Morgan fingerprint density at radius 1 is 1.50 bits per heavy atom. The third kappa shape index (κ3) is 4.71. The van der Waals surface area contributed by atoms with Gasteiger partial charge in [-0.1, -0.05) is 13.0 Å². The van der Waals surface area contributed by atoms with Crippen molar-refractivity contribution in [3.8, 4) is 0 Å². The van der Waals surface area contributed by atoms with Crippen LogP contribution in [0.2, 0.25) is 0 Å². The third-order valence-corrected chi connectivity index (χ3v) is 2.42. The molecule has 0 aliphatic rings. The highest BCUT2D eigenvalue weighted by Gasteiger charge is 2.06. The highest BCUT2D eigenvalue weighted by Crippen LogP contribution is 2.05. The van der Waals surface area contributed by atoms with E-state index in [0.29, 0.717) is 11.9 Å². The summed E-state index contributed by atoms with van der Waals surface area (Å²) < 4.78 is 1.79. The van der Waals surface area contributed by atoms with Crippen molar-refractivity contribution in [2.45, 2.75) is 31.9 Å². The molecule has 1 heterocycles. The minimum atomic E-state index is 0.458. The summed E-state index contributed by atoms with van der Waals surface area (Å²) in [5.74, 6) is 0. The second-order valence-corrected chi connectivity index (χ2v) is 4.58. The largest absolute Gasteiger partial charge is 0.271 e. The minimum Gasteiger partial charge on any atom is -0.271 e. The van der Waals surface area contributed by atoms with E-state index in [1.54, 1.807) is 4.73 Å². The second-order valence-electron chi connectivity index (χ2n) is 3.70. The number of nitrogens with zero attached hydrogens (tertiary/aromatic N) is 1. The van der Waals surface area contributed by atoms with Gasteiger partial charge in [0.1, 0.15) is 0 Å². The molecule has 0 spiro atoms. The maximum absolute atomic E-state index is 5.47. The van der Waals surface area contributed by atoms with E-state index >= 15 is 0 Å². The van der Waals surface area contributed by atoms with E-state index in [0.717, 1.165) is 18.5 Å². The van der Waals surface area contributed by atoms with E-state index in [9.17, 15) is 0 Å². The molecule has 0 fully saturated rings. The Morgan fingerprint density at radius 2 is 2.31 bits per heavy atom. The molecule has 88 valence electrons. The smallest absolute Gasteiger partial charge is 0.257 e. The van der Waals surface area contributed by atoms with Crippen LogP contribution in [-0.4, -0.2) is 11.9 Å². The fourth-order valence-corrected chi connectivity index (χ4v) is 1.52. The van der Waals surface area contributed by atoms with Crippen LogP contribution in [-0.2, 0) is 0 Å². The van der Waals surface area contributed by atoms with Crippen molar-refractivity contribution in [3.05, 3.63) is 36.2 Å². The van der Waals surface area contributed by atoms with Gasteiger partial charge in [-0.25, -0.2) is 0 Å². The van der Waals surface area contributed by atoms with Crippen molar-refractivity contribution in [2.75, 3.05) is 6.61 Å². The summed E-state index contributed by atoms with van der Waals surface area (Å²) in [6, 6.07) is 6.01. The molecule has 1 aromatic rings. The van der Waals surface area contributed by atoms with Crippen LogP contribution >= 0.6 is 12.6 Å². The van der Waals surface area contributed by atoms with E-state index in [1.807, 2.05) is 31.3 Å². The monoisotopic (exact) mass is 238 g/mol. The van der Waals surface area contributed by atoms with Crippen LogP contribution in [0, 0.1) is 0 Å². The summed E-state index contributed by atoms with van der Waals surface area (Å²) in [5, 5.41) is 0.458. The molecule has 0 radical (unpaired) electrons. The van der Waals surface area contributed by atoms with Crippen LogP contribution in [0.25, 0.3) is 6.08 Å². The van der Waals surface area contributed by atoms with Gasteiger partial charge in [0.15, 0.2) is 6.61 Å². The fourth-order valence-electron chi connectivity index (χ4n) is 1.37. The number of hydrogen-bond donors (Lipinski definition) is 1. The van der Waals surface area contributed by atoms with Gasteiger partial charge in [0.05, 0.1) is 0 Å². The maximum Gasteiger partial charge on any atom is 0.257 e. The molecule has 0 bridgehead atoms. The molecule has 0 saturated carbocycles. The Bertz CT molecular complexity index is 336. The van der Waals surface area contributed by atoms with E-state index in [-0.39, 0.29) is 0 Å². The molecule has 0 aliphatic heterocycles. The summed E-state index contributed by atoms with van der Waals surface area (Å²) in [4.78, 5) is 5.47. The Morgan fingerprint density at radius 3 is 3.00 bits per heavy atom. The summed E-state index contributed by atoms with van der Waals surface area (Å²) in [5.41, 5.74) is 1.07. The quantitative estimate of drug-likeness (QED) is 0.594. The predicted octanol–water partition coefficient (Wildman–Crippen LogP) is 2.53. The number of allylic oxidation sites excluding steroid dienone is 1. The molecule has 1 unspecified atom stereocenters. The van der Waals surface area contributed by atoms with Crippen molar-refractivity contribution >= 4 is 18.7 Å². The van der Waals surface area contributed by atoms with E-state index in [4.69, 9.17) is 4.84 Å². The topological polar surface area (TPSA) is 13.1 Å². The highest BCUT2D eigenvalue weighted by atomic mass is 32.1. The van der Waals surface area contributed by atoms with Crippen LogP contribution in [0.5, 0.6) is 0 Å². The van der Waals surface area contributed by atoms with Gasteiger partial charge in [0.25, 0.3) is 5.69 Å². The van der Waals surface area contributed by atoms with Gasteiger partial charge in [-0.15, -0.1) is 0 Å². The minimum absolute atomic E-state index is 0.458. The van der Waals surface area contributed by atoms with Gasteiger partial charge in [0, 0.05) is 22.9 Å². The molecule has 1 atom stereocenters. The van der Waals surface area contributed by atoms with Gasteiger partial charge in [-0.3, -0.25) is 4.84 Å². The molecule has 1 aromatic heterocycles.